The molecular weight excluding hydrogens is 296 g/mol. The predicted molar refractivity (Wildman–Crippen MR) is 82.8 cm³/mol. The van der Waals surface area contributed by atoms with Crippen molar-refractivity contribution in [3.8, 4) is 0 Å². The summed E-state index contributed by atoms with van der Waals surface area (Å²) in [5, 5.41) is 0.869. The summed E-state index contributed by atoms with van der Waals surface area (Å²) in [7, 11) is 0. The fourth-order valence-corrected chi connectivity index (χ4v) is 2.44. The number of nitrogens with two attached hydrogens (primary N) is 1. The van der Waals surface area contributed by atoms with Gasteiger partial charge >= 0.3 is 0 Å². The van der Waals surface area contributed by atoms with E-state index in [9.17, 15) is 4.39 Å². The molecule has 20 heavy (non-hydrogen) atoms. The number of benzene rings is 2. The van der Waals surface area contributed by atoms with Crippen molar-refractivity contribution in [2.45, 2.75) is 12.8 Å². The molecule has 2 aromatic rings. The van der Waals surface area contributed by atoms with Gasteiger partial charge < -0.3 is 5.73 Å². The van der Waals surface area contributed by atoms with E-state index in [4.69, 9.17) is 28.9 Å². The molecule has 4 heteroatoms. The third-order valence-corrected chi connectivity index (χ3v) is 3.84. The maximum atomic E-state index is 13.4. The van der Waals surface area contributed by atoms with Crippen LogP contribution in [0, 0.1) is 11.7 Å². The molecular formula is C16H16Cl2FN. The second kappa shape index (κ2) is 7.07. The van der Waals surface area contributed by atoms with Gasteiger partial charge in [-0.3, -0.25) is 0 Å². The largest absolute Gasteiger partial charge is 0.330 e. The highest BCUT2D eigenvalue weighted by Gasteiger charge is 2.10. The Kier molecular flexibility index (Phi) is 5.41. The molecule has 1 atom stereocenters. The van der Waals surface area contributed by atoms with Crippen molar-refractivity contribution in [2.75, 3.05) is 6.54 Å². The van der Waals surface area contributed by atoms with Gasteiger partial charge in [0.25, 0.3) is 0 Å². The van der Waals surface area contributed by atoms with Crippen LogP contribution < -0.4 is 5.73 Å². The van der Waals surface area contributed by atoms with Gasteiger partial charge in [0.15, 0.2) is 0 Å². The first-order chi connectivity index (χ1) is 9.58. The molecule has 2 rings (SSSR count). The van der Waals surface area contributed by atoms with Crippen LogP contribution in [0.4, 0.5) is 4.39 Å². The summed E-state index contributed by atoms with van der Waals surface area (Å²) in [5.74, 6) is -0.122. The van der Waals surface area contributed by atoms with Gasteiger partial charge in [-0.2, -0.15) is 0 Å². The molecule has 106 valence electrons. The summed E-state index contributed by atoms with van der Waals surface area (Å²) in [6, 6.07) is 12.6. The van der Waals surface area contributed by atoms with Crippen molar-refractivity contribution in [1.82, 2.24) is 0 Å². The topological polar surface area (TPSA) is 26.0 Å². The van der Waals surface area contributed by atoms with E-state index in [1.54, 1.807) is 6.07 Å². The normalized spacial score (nSPS) is 12.4. The molecule has 0 saturated carbocycles. The molecule has 0 saturated heterocycles. The predicted octanol–water partition coefficient (Wildman–Crippen LogP) is 4.49. The number of halogens is 3. The van der Waals surface area contributed by atoms with E-state index in [1.165, 1.54) is 11.6 Å². The number of hydrogen-bond acceptors (Lipinski definition) is 1. The van der Waals surface area contributed by atoms with Gasteiger partial charge in [-0.05, 0) is 60.7 Å². The zero-order valence-corrected chi connectivity index (χ0v) is 12.5. The van der Waals surface area contributed by atoms with Gasteiger partial charge in [0.2, 0.25) is 0 Å². The summed E-state index contributed by atoms with van der Waals surface area (Å²) < 4.78 is 13.4. The second-order valence-electron chi connectivity index (χ2n) is 4.88. The van der Waals surface area contributed by atoms with Gasteiger partial charge in [-0.25, -0.2) is 4.39 Å². The first-order valence-corrected chi connectivity index (χ1v) is 7.22. The van der Waals surface area contributed by atoms with Gasteiger partial charge in [0, 0.05) is 5.02 Å². The first-order valence-electron chi connectivity index (χ1n) is 6.47. The summed E-state index contributed by atoms with van der Waals surface area (Å²) in [6.45, 7) is 0.548. The lowest BCUT2D eigenvalue weighted by Crippen LogP contribution is -2.19. The van der Waals surface area contributed by atoms with Crippen molar-refractivity contribution in [2.24, 2.45) is 11.7 Å². The minimum Gasteiger partial charge on any atom is -0.330 e. The minimum atomic E-state index is -0.383. The van der Waals surface area contributed by atoms with E-state index in [0.717, 1.165) is 23.4 Å². The maximum Gasteiger partial charge on any atom is 0.142 e. The summed E-state index contributed by atoms with van der Waals surface area (Å²) in [5.41, 5.74) is 7.91. The number of rotatable bonds is 5. The highest BCUT2D eigenvalue weighted by atomic mass is 35.5. The SMILES string of the molecule is NCC(Cc1ccc(Cl)cc1)Cc1ccc(Cl)c(F)c1. The van der Waals surface area contributed by atoms with Crippen LogP contribution in [0.25, 0.3) is 0 Å². The van der Waals surface area contributed by atoms with E-state index in [-0.39, 0.29) is 16.8 Å². The Hall–Kier alpha value is -1.09. The van der Waals surface area contributed by atoms with Crippen molar-refractivity contribution < 1.29 is 4.39 Å². The molecule has 0 radical (unpaired) electrons. The molecule has 0 heterocycles. The molecule has 0 fully saturated rings. The van der Waals surface area contributed by atoms with Crippen LogP contribution in [0.3, 0.4) is 0 Å². The van der Waals surface area contributed by atoms with Gasteiger partial charge in [-0.1, -0.05) is 41.4 Å². The number of hydrogen-bond donors (Lipinski definition) is 1. The minimum absolute atomic E-state index is 0.149. The Morgan fingerprint density at radius 3 is 2.15 bits per heavy atom. The molecule has 1 nitrogen and oxygen atoms in total. The Bertz CT molecular complexity index is 569. The molecule has 0 aliphatic carbocycles. The fraction of sp³-hybridized carbons (Fsp3) is 0.250. The van der Waals surface area contributed by atoms with Gasteiger partial charge in [-0.15, -0.1) is 0 Å². The molecule has 1 unspecified atom stereocenters. The van der Waals surface area contributed by atoms with Crippen molar-refractivity contribution in [3.63, 3.8) is 0 Å². The average molecular weight is 312 g/mol. The van der Waals surface area contributed by atoms with Crippen molar-refractivity contribution >= 4 is 23.2 Å². The van der Waals surface area contributed by atoms with Crippen LogP contribution >= 0.6 is 23.2 Å². The zero-order valence-electron chi connectivity index (χ0n) is 11.0. The van der Waals surface area contributed by atoms with Crippen molar-refractivity contribution in [3.05, 3.63) is 69.5 Å². The van der Waals surface area contributed by atoms with E-state index >= 15 is 0 Å². The van der Waals surface area contributed by atoms with Gasteiger partial charge in [0.05, 0.1) is 5.02 Å². The Labute approximate surface area is 128 Å². The molecule has 2 aromatic carbocycles. The lowest BCUT2D eigenvalue weighted by molar-refractivity contribution is 0.530. The van der Waals surface area contributed by atoms with Crippen LogP contribution in [-0.4, -0.2) is 6.54 Å². The Morgan fingerprint density at radius 1 is 0.950 bits per heavy atom. The lowest BCUT2D eigenvalue weighted by atomic mass is 9.92. The Morgan fingerprint density at radius 2 is 1.55 bits per heavy atom. The first kappa shape index (κ1) is 15.3. The molecule has 0 amide bonds. The molecule has 2 N–H and O–H groups in total. The molecule has 0 aliphatic heterocycles. The highest BCUT2D eigenvalue weighted by Crippen LogP contribution is 2.20. The molecule has 0 bridgehead atoms. The van der Waals surface area contributed by atoms with Crippen LogP contribution in [0.15, 0.2) is 42.5 Å². The Balaban J connectivity index is 2.04. The van der Waals surface area contributed by atoms with Crippen LogP contribution in [0.5, 0.6) is 0 Å². The summed E-state index contributed by atoms with van der Waals surface area (Å²) >= 11 is 11.5. The van der Waals surface area contributed by atoms with E-state index in [1.807, 2.05) is 30.3 Å². The van der Waals surface area contributed by atoms with Crippen LogP contribution in [-0.2, 0) is 12.8 Å². The maximum absolute atomic E-state index is 13.4. The average Bonchev–Trinajstić information content (AvgIpc) is 2.44. The smallest absolute Gasteiger partial charge is 0.142 e. The van der Waals surface area contributed by atoms with E-state index in [0.29, 0.717) is 6.54 Å². The van der Waals surface area contributed by atoms with Crippen LogP contribution in [0.2, 0.25) is 10.0 Å². The molecule has 0 spiro atoms. The third kappa shape index (κ3) is 4.20. The molecule has 0 aliphatic rings. The summed E-state index contributed by atoms with van der Waals surface area (Å²) in [4.78, 5) is 0. The third-order valence-electron chi connectivity index (χ3n) is 3.28. The monoisotopic (exact) mass is 311 g/mol. The van der Waals surface area contributed by atoms with Gasteiger partial charge in [0.1, 0.15) is 5.82 Å². The highest BCUT2D eigenvalue weighted by molar-refractivity contribution is 6.30. The van der Waals surface area contributed by atoms with E-state index < -0.39 is 0 Å². The van der Waals surface area contributed by atoms with Crippen molar-refractivity contribution in [1.29, 1.82) is 0 Å². The fourth-order valence-electron chi connectivity index (χ4n) is 2.19. The summed E-state index contributed by atoms with van der Waals surface area (Å²) in [6.07, 6.45) is 1.57. The quantitative estimate of drug-likeness (QED) is 0.865. The second-order valence-corrected chi connectivity index (χ2v) is 5.73. The standard InChI is InChI=1S/C16H16Cl2FN/c17-14-4-1-11(2-5-14)7-13(10-20)8-12-3-6-15(18)16(19)9-12/h1-6,9,13H,7-8,10,20H2. The molecule has 0 aromatic heterocycles. The lowest BCUT2D eigenvalue weighted by Gasteiger charge is -2.15. The zero-order chi connectivity index (χ0) is 14.5. The van der Waals surface area contributed by atoms with Crippen LogP contribution in [0.1, 0.15) is 11.1 Å². The van der Waals surface area contributed by atoms with E-state index in [2.05, 4.69) is 0 Å².